The van der Waals surface area contributed by atoms with E-state index in [4.69, 9.17) is 11.6 Å². The lowest BCUT2D eigenvalue weighted by atomic mass is 10.1. The first-order valence-electron chi connectivity index (χ1n) is 5.50. The van der Waals surface area contributed by atoms with Gasteiger partial charge in [-0.2, -0.15) is 0 Å². The van der Waals surface area contributed by atoms with Crippen LogP contribution in [0.2, 0.25) is 0 Å². The molecule has 2 nitrogen and oxygen atoms in total. The Kier molecular flexibility index (Phi) is 6.08. The molecular formula is C12H12ClF4NO. The summed E-state index contributed by atoms with van der Waals surface area (Å²) in [5, 5.41) is 0. The van der Waals surface area contributed by atoms with E-state index in [1.165, 1.54) is 0 Å². The molecule has 106 valence electrons. The van der Waals surface area contributed by atoms with Crippen molar-refractivity contribution in [3.05, 3.63) is 35.4 Å². The molecule has 0 radical (unpaired) electrons. The molecule has 0 aliphatic carbocycles. The summed E-state index contributed by atoms with van der Waals surface area (Å²) in [6, 6.07) is 2.76. The molecule has 0 aliphatic heterocycles. The minimum absolute atomic E-state index is 0.00433. The maximum Gasteiger partial charge on any atom is 0.255 e. The molecule has 1 aromatic rings. The van der Waals surface area contributed by atoms with Crippen molar-refractivity contribution in [2.75, 3.05) is 19.0 Å². The van der Waals surface area contributed by atoms with E-state index in [1.54, 1.807) is 0 Å². The van der Waals surface area contributed by atoms with E-state index in [1.807, 2.05) is 0 Å². The molecule has 0 saturated heterocycles. The number of hydrogen-bond donors (Lipinski definition) is 0. The van der Waals surface area contributed by atoms with E-state index in [9.17, 15) is 22.4 Å². The van der Waals surface area contributed by atoms with Crippen LogP contribution >= 0.6 is 11.6 Å². The predicted molar refractivity (Wildman–Crippen MR) is 63.4 cm³/mol. The van der Waals surface area contributed by atoms with E-state index < -0.39 is 36.9 Å². The van der Waals surface area contributed by atoms with Crippen LogP contribution in [0, 0.1) is 11.6 Å². The molecule has 0 unspecified atom stereocenters. The average molecular weight is 298 g/mol. The number of carbonyl (C=O) groups excluding carboxylic acids is 1. The molecular weight excluding hydrogens is 286 g/mol. The highest BCUT2D eigenvalue weighted by atomic mass is 35.5. The Balaban J connectivity index is 2.75. The fourth-order valence-corrected chi connectivity index (χ4v) is 1.73. The summed E-state index contributed by atoms with van der Waals surface area (Å²) in [5.74, 6) is -2.31. The number of halogens is 5. The predicted octanol–water partition coefficient (Wildman–Crippen LogP) is 2.84. The summed E-state index contributed by atoms with van der Waals surface area (Å²) >= 11 is 5.42. The number of benzene rings is 1. The van der Waals surface area contributed by atoms with Crippen molar-refractivity contribution in [3.63, 3.8) is 0 Å². The smallest absolute Gasteiger partial charge is 0.255 e. The molecule has 0 aliphatic rings. The van der Waals surface area contributed by atoms with Crippen LogP contribution in [0.1, 0.15) is 5.56 Å². The second-order valence-corrected chi connectivity index (χ2v) is 4.21. The normalized spacial score (nSPS) is 10.8. The molecule has 0 bridgehead atoms. The van der Waals surface area contributed by atoms with Gasteiger partial charge in [0.1, 0.15) is 11.6 Å². The maximum absolute atomic E-state index is 13.3. The largest absolute Gasteiger partial charge is 0.335 e. The summed E-state index contributed by atoms with van der Waals surface area (Å²) in [6.07, 6.45) is -3.10. The van der Waals surface area contributed by atoms with Crippen LogP contribution in [0.15, 0.2) is 18.2 Å². The van der Waals surface area contributed by atoms with Crippen molar-refractivity contribution >= 4 is 17.5 Å². The Morgan fingerprint density at radius 3 is 2.53 bits per heavy atom. The first-order valence-corrected chi connectivity index (χ1v) is 6.03. The van der Waals surface area contributed by atoms with Crippen LogP contribution in [0.25, 0.3) is 0 Å². The molecule has 0 spiro atoms. The van der Waals surface area contributed by atoms with Gasteiger partial charge in [-0.25, -0.2) is 17.6 Å². The molecule has 0 atom stereocenters. The standard InChI is InChI=1S/C12H12ClF4NO/c13-3-4-18(7-11(16)17)12(19)5-8-1-2-9(14)6-10(8)15/h1-2,6,11H,3-5,7H2. The van der Waals surface area contributed by atoms with E-state index in [0.29, 0.717) is 6.07 Å². The van der Waals surface area contributed by atoms with E-state index in [-0.39, 0.29) is 18.0 Å². The summed E-state index contributed by atoms with van der Waals surface area (Å²) < 4.78 is 50.6. The molecule has 1 rings (SSSR count). The molecule has 0 aromatic heterocycles. The van der Waals surface area contributed by atoms with Gasteiger partial charge in [0, 0.05) is 18.5 Å². The average Bonchev–Trinajstić information content (AvgIpc) is 2.31. The lowest BCUT2D eigenvalue weighted by Gasteiger charge is -2.21. The maximum atomic E-state index is 13.3. The highest BCUT2D eigenvalue weighted by Gasteiger charge is 2.19. The van der Waals surface area contributed by atoms with Crippen molar-refractivity contribution in [2.45, 2.75) is 12.8 Å². The Morgan fingerprint density at radius 1 is 1.32 bits per heavy atom. The van der Waals surface area contributed by atoms with Crippen molar-refractivity contribution in [1.29, 1.82) is 0 Å². The van der Waals surface area contributed by atoms with Gasteiger partial charge in [-0.15, -0.1) is 11.6 Å². The summed E-state index contributed by atoms with van der Waals surface area (Å²) in [6.45, 7) is -0.804. The molecule has 7 heteroatoms. The third-order valence-corrected chi connectivity index (χ3v) is 2.59. The van der Waals surface area contributed by atoms with E-state index in [0.717, 1.165) is 17.0 Å². The van der Waals surface area contributed by atoms with Crippen LogP contribution in [0.4, 0.5) is 17.6 Å². The van der Waals surface area contributed by atoms with Gasteiger partial charge in [0.2, 0.25) is 5.91 Å². The van der Waals surface area contributed by atoms with Gasteiger partial charge in [-0.05, 0) is 11.6 Å². The van der Waals surface area contributed by atoms with Gasteiger partial charge in [-0.3, -0.25) is 4.79 Å². The number of carbonyl (C=O) groups is 1. The quantitative estimate of drug-likeness (QED) is 0.584. The minimum atomic E-state index is -2.69. The number of hydrogen-bond acceptors (Lipinski definition) is 1. The van der Waals surface area contributed by atoms with Crippen LogP contribution in [-0.2, 0) is 11.2 Å². The van der Waals surface area contributed by atoms with Crippen molar-refractivity contribution in [3.8, 4) is 0 Å². The Labute approximate surface area is 113 Å². The van der Waals surface area contributed by atoms with Gasteiger partial charge in [0.05, 0.1) is 13.0 Å². The molecule has 0 fully saturated rings. The number of nitrogens with zero attached hydrogens (tertiary/aromatic N) is 1. The van der Waals surface area contributed by atoms with Crippen molar-refractivity contribution < 1.29 is 22.4 Å². The number of amides is 1. The first-order chi connectivity index (χ1) is 8.93. The van der Waals surface area contributed by atoms with Crippen molar-refractivity contribution in [2.24, 2.45) is 0 Å². The third kappa shape index (κ3) is 5.06. The summed E-state index contributed by atoms with van der Waals surface area (Å²) in [4.78, 5) is 12.6. The lowest BCUT2D eigenvalue weighted by molar-refractivity contribution is -0.132. The molecule has 1 amide bonds. The van der Waals surface area contributed by atoms with E-state index >= 15 is 0 Å². The fraction of sp³-hybridized carbons (Fsp3) is 0.417. The number of rotatable bonds is 6. The Bertz CT molecular complexity index is 442. The first kappa shape index (κ1) is 15.8. The topological polar surface area (TPSA) is 20.3 Å². The zero-order chi connectivity index (χ0) is 14.4. The number of alkyl halides is 3. The highest BCUT2D eigenvalue weighted by molar-refractivity contribution is 6.18. The van der Waals surface area contributed by atoms with Gasteiger partial charge in [-0.1, -0.05) is 6.07 Å². The molecule has 0 heterocycles. The van der Waals surface area contributed by atoms with E-state index in [2.05, 4.69) is 0 Å². The Morgan fingerprint density at radius 2 is 2.00 bits per heavy atom. The molecule has 1 aromatic carbocycles. The minimum Gasteiger partial charge on any atom is -0.335 e. The van der Waals surface area contributed by atoms with Gasteiger partial charge >= 0.3 is 0 Å². The van der Waals surface area contributed by atoms with Crippen LogP contribution < -0.4 is 0 Å². The van der Waals surface area contributed by atoms with Crippen molar-refractivity contribution in [1.82, 2.24) is 4.90 Å². The zero-order valence-corrected chi connectivity index (χ0v) is 10.6. The monoisotopic (exact) mass is 297 g/mol. The zero-order valence-electron chi connectivity index (χ0n) is 9.88. The molecule has 0 N–H and O–H groups in total. The van der Waals surface area contributed by atoms with Crippen LogP contribution in [0.3, 0.4) is 0 Å². The second kappa shape index (κ2) is 7.33. The second-order valence-electron chi connectivity index (χ2n) is 3.83. The lowest BCUT2D eigenvalue weighted by Crippen LogP contribution is -2.37. The fourth-order valence-electron chi connectivity index (χ4n) is 1.53. The highest BCUT2D eigenvalue weighted by Crippen LogP contribution is 2.12. The molecule has 0 saturated carbocycles. The SMILES string of the molecule is O=C(Cc1ccc(F)cc1F)N(CCCl)CC(F)F. The van der Waals surface area contributed by atoms with Gasteiger partial charge in [0.15, 0.2) is 0 Å². The Hall–Kier alpha value is -1.30. The third-order valence-electron chi connectivity index (χ3n) is 2.42. The summed E-state index contributed by atoms with van der Waals surface area (Å²) in [7, 11) is 0. The van der Waals surface area contributed by atoms with Gasteiger partial charge in [0.25, 0.3) is 6.43 Å². The molecule has 19 heavy (non-hydrogen) atoms. The van der Waals surface area contributed by atoms with Crippen LogP contribution in [0.5, 0.6) is 0 Å². The summed E-state index contributed by atoms with van der Waals surface area (Å²) in [5.41, 5.74) is -0.0414. The van der Waals surface area contributed by atoms with Crippen LogP contribution in [-0.4, -0.2) is 36.2 Å². The van der Waals surface area contributed by atoms with Gasteiger partial charge < -0.3 is 4.90 Å².